The Kier molecular flexibility index (Phi) is 3.55. The molecule has 1 saturated heterocycles. The average molecular weight is 245 g/mol. The SMILES string of the molecule is Cc1ccc(C2(C)CN(C(C)C)CC2C)cc1C. The highest BCUT2D eigenvalue weighted by Gasteiger charge is 2.42. The molecule has 0 amide bonds. The van der Waals surface area contributed by atoms with Crippen LogP contribution >= 0.6 is 0 Å². The topological polar surface area (TPSA) is 3.24 Å². The van der Waals surface area contributed by atoms with Crippen molar-refractivity contribution in [3.8, 4) is 0 Å². The first-order chi connectivity index (χ1) is 8.34. The van der Waals surface area contributed by atoms with Crippen molar-refractivity contribution in [2.45, 2.75) is 53.0 Å². The van der Waals surface area contributed by atoms with Gasteiger partial charge in [-0.2, -0.15) is 0 Å². The van der Waals surface area contributed by atoms with Gasteiger partial charge in [0, 0.05) is 24.5 Å². The predicted octanol–water partition coefficient (Wildman–Crippen LogP) is 3.92. The van der Waals surface area contributed by atoms with Crippen LogP contribution < -0.4 is 0 Å². The first-order valence-electron chi connectivity index (χ1n) is 7.16. The van der Waals surface area contributed by atoms with Crippen LogP contribution in [0, 0.1) is 19.8 Å². The molecule has 0 spiro atoms. The molecule has 1 aliphatic heterocycles. The molecular weight excluding hydrogens is 218 g/mol. The van der Waals surface area contributed by atoms with Crippen LogP contribution in [0.3, 0.4) is 0 Å². The van der Waals surface area contributed by atoms with E-state index >= 15 is 0 Å². The Morgan fingerprint density at radius 1 is 1.22 bits per heavy atom. The minimum Gasteiger partial charge on any atom is -0.300 e. The van der Waals surface area contributed by atoms with Gasteiger partial charge in [0.2, 0.25) is 0 Å². The van der Waals surface area contributed by atoms with E-state index in [9.17, 15) is 0 Å². The van der Waals surface area contributed by atoms with E-state index in [-0.39, 0.29) is 0 Å². The Morgan fingerprint density at radius 2 is 1.89 bits per heavy atom. The minimum absolute atomic E-state index is 0.308. The number of benzene rings is 1. The zero-order valence-electron chi connectivity index (χ0n) is 12.7. The maximum atomic E-state index is 2.61. The minimum atomic E-state index is 0.308. The van der Waals surface area contributed by atoms with Crippen molar-refractivity contribution >= 4 is 0 Å². The zero-order chi connectivity index (χ0) is 13.5. The number of likely N-dealkylation sites (tertiary alicyclic amines) is 1. The highest BCUT2D eigenvalue weighted by molar-refractivity contribution is 5.36. The van der Waals surface area contributed by atoms with Crippen LogP contribution in [0.25, 0.3) is 0 Å². The molecule has 1 heterocycles. The normalized spacial score (nSPS) is 29.2. The van der Waals surface area contributed by atoms with Crippen molar-refractivity contribution in [2.24, 2.45) is 5.92 Å². The molecule has 1 aromatic carbocycles. The van der Waals surface area contributed by atoms with Gasteiger partial charge in [-0.1, -0.05) is 32.0 Å². The summed E-state index contributed by atoms with van der Waals surface area (Å²) < 4.78 is 0. The van der Waals surface area contributed by atoms with Gasteiger partial charge in [-0.25, -0.2) is 0 Å². The summed E-state index contributed by atoms with van der Waals surface area (Å²) >= 11 is 0. The Bertz CT molecular complexity index is 435. The monoisotopic (exact) mass is 245 g/mol. The van der Waals surface area contributed by atoms with Crippen molar-refractivity contribution < 1.29 is 0 Å². The van der Waals surface area contributed by atoms with Crippen molar-refractivity contribution in [2.75, 3.05) is 13.1 Å². The van der Waals surface area contributed by atoms with Gasteiger partial charge < -0.3 is 0 Å². The Labute approximate surface area is 112 Å². The molecule has 2 unspecified atom stereocenters. The summed E-state index contributed by atoms with van der Waals surface area (Å²) in [7, 11) is 0. The molecule has 100 valence electrons. The number of aryl methyl sites for hydroxylation is 2. The molecule has 0 bridgehead atoms. The summed E-state index contributed by atoms with van der Waals surface area (Å²) in [6.45, 7) is 16.3. The fourth-order valence-corrected chi connectivity index (χ4v) is 3.06. The quantitative estimate of drug-likeness (QED) is 0.763. The Morgan fingerprint density at radius 3 is 2.39 bits per heavy atom. The number of rotatable bonds is 2. The van der Waals surface area contributed by atoms with E-state index in [0.29, 0.717) is 11.5 Å². The lowest BCUT2D eigenvalue weighted by Gasteiger charge is -2.30. The highest BCUT2D eigenvalue weighted by atomic mass is 15.2. The molecule has 0 radical (unpaired) electrons. The maximum Gasteiger partial charge on any atom is 0.00899 e. The summed E-state index contributed by atoms with van der Waals surface area (Å²) in [5.74, 6) is 0.724. The molecule has 18 heavy (non-hydrogen) atoms. The van der Waals surface area contributed by atoms with Gasteiger partial charge in [-0.05, 0) is 50.3 Å². The number of hydrogen-bond acceptors (Lipinski definition) is 1. The smallest absolute Gasteiger partial charge is 0.00899 e. The largest absolute Gasteiger partial charge is 0.300 e. The van der Waals surface area contributed by atoms with Crippen LogP contribution in [0.1, 0.15) is 44.4 Å². The van der Waals surface area contributed by atoms with Crippen LogP contribution in [0.15, 0.2) is 18.2 Å². The fourth-order valence-electron chi connectivity index (χ4n) is 3.06. The predicted molar refractivity (Wildman–Crippen MR) is 79.1 cm³/mol. The third kappa shape index (κ3) is 2.21. The zero-order valence-corrected chi connectivity index (χ0v) is 12.7. The van der Waals surface area contributed by atoms with E-state index < -0.39 is 0 Å². The lowest BCUT2D eigenvalue weighted by Crippen LogP contribution is -2.33. The second kappa shape index (κ2) is 4.70. The van der Waals surface area contributed by atoms with Crippen LogP contribution in [0.5, 0.6) is 0 Å². The Hall–Kier alpha value is -0.820. The summed E-state index contributed by atoms with van der Waals surface area (Å²) in [5.41, 5.74) is 4.64. The molecule has 0 aromatic heterocycles. The number of hydrogen-bond donors (Lipinski definition) is 0. The molecule has 2 rings (SSSR count). The molecule has 1 aromatic rings. The molecular formula is C17H27N. The summed E-state index contributed by atoms with van der Waals surface area (Å²) in [4.78, 5) is 2.61. The van der Waals surface area contributed by atoms with Crippen LogP contribution in [-0.2, 0) is 5.41 Å². The van der Waals surface area contributed by atoms with E-state index in [1.165, 1.54) is 29.8 Å². The van der Waals surface area contributed by atoms with Crippen LogP contribution in [0.4, 0.5) is 0 Å². The second-order valence-electron chi connectivity index (χ2n) is 6.64. The van der Waals surface area contributed by atoms with Gasteiger partial charge >= 0.3 is 0 Å². The summed E-state index contributed by atoms with van der Waals surface area (Å²) in [6, 6.07) is 7.67. The van der Waals surface area contributed by atoms with E-state index in [1.54, 1.807) is 0 Å². The molecule has 0 saturated carbocycles. The third-order valence-electron chi connectivity index (χ3n) is 5.02. The van der Waals surface area contributed by atoms with E-state index in [1.807, 2.05) is 0 Å². The van der Waals surface area contributed by atoms with E-state index in [0.717, 1.165) is 5.92 Å². The Balaban J connectivity index is 2.33. The summed E-state index contributed by atoms with van der Waals surface area (Å²) in [5, 5.41) is 0. The van der Waals surface area contributed by atoms with Crippen LogP contribution in [0.2, 0.25) is 0 Å². The average Bonchev–Trinajstić information content (AvgIpc) is 2.61. The van der Waals surface area contributed by atoms with Crippen LogP contribution in [-0.4, -0.2) is 24.0 Å². The molecule has 1 fully saturated rings. The van der Waals surface area contributed by atoms with Gasteiger partial charge in [0.15, 0.2) is 0 Å². The highest BCUT2D eigenvalue weighted by Crippen LogP contribution is 2.39. The van der Waals surface area contributed by atoms with Crippen molar-refractivity contribution in [1.29, 1.82) is 0 Å². The lowest BCUT2D eigenvalue weighted by molar-refractivity contribution is 0.259. The molecule has 0 aliphatic carbocycles. The van der Waals surface area contributed by atoms with Crippen molar-refractivity contribution in [3.63, 3.8) is 0 Å². The molecule has 0 N–H and O–H groups in total. The van der Waals surface area contributed by atoms with Gasteiger partial charge in [0.05, 0.1) is 0 Å². The van der Waals surface area contributed by atoms with E-state index in [2.05, 4.69) is 64.6 Å². The van der Waals surface area contributed by atoms with Gasteiger partial charge in [0.25, 0.3) is 0 Å². The van der Waals surface area contributed by atoms with Crippen molar-refractivity contribution in [1.82, 2.24) is 4.90 Å². The van der Waals surface area contributed by atoms with Gasteiger partial charge in [-0.15, -0.1) is 0 Å². The van der Waals surface area contributed by atoms with Crippen molar-refractivity contribution in [3.05, 3.63) is 34.9 Å². The van der Waals surface area contributed by atoms with Gasteiger partial charge in [0.1, 0.15) is 0 Å². The fraction of sp³-hybridized carbons (Fsp3) is 0.647. The van der Waals surface area contributed by atoms with E-state index in [4.69, 9.17) is 0 Å². The second-order valence-corrected chi connectivity index (χ2v) is 6.64. The lowest BCUT2D eigenvalue weighted by atomic mass is 9.74. The molecule has 2 atom stereocenters. The standard InChI is InChI=1S/C17H27N/c1-12(2)18-10-15(5)17(6,11-18)16-8-7-13(3)14(4)9-16/h7-9,12,15H,10-11H2,1-6H3. The molecule has 1 nitrogen and oxygen atoms in total. The first kappa shape index (κ1) is 13.6. The number of nitrogens with zero attached hydrogens (tertiary/aromatic N) is 1. The summed E-state index contributed by atoms with van der Waals surface area (Å²) in [6.07, 6.45) is 0. The molecule has 1 heteroatoms. The first-order valence-corrected chi connectivity index (χ1v) is 7.16. The van der Waals surface area contributed by atoms with Gasteiger partial charge in [-0.3, -0.25) is 4.90 Å². The third-order valence-corrected chi connectivity index (χ3v) is 5.02. The maximum absolute atomic E-state index is 2.61. The molecule has 1 aliphatic rings.